The average Bonchev–Trinajstić information content (AvgIpc) is 3.27. The van der Waals surface area contributed by atoms with Gasteiger partial charge in [-0.15, -0.1) is 0 Å². The first-order valence-corrected chi connectivity index (χ1v) is 7.84. The number of rotatable bonds is 5. The van der Waals surface area contributed by atoms with Crippen LogP contribution in [0.3, 0.4) is 0 Å². The number of anilines is 1. The zero-order chi connectivity index (χ0) is 14.3. The number of carbonyl (C=O) groups is 1. The van der Waals surface area contributed by atoms with E-state index in [1.54, 1.807) is 12.1 Å². The Hall–Kier alpha value is -0.930. The zero-order valence-corrected chi connectivity index (χ0v) is 12.8. The van der Waals surface area contributed by atoms with Crippen molar-refractivity contribution in [3.05, 3.63) is 27.7 Å². The molecule has 0 unspecified atom stereocenters. The molecule has 0 aromatic heterocycles. The molecule has 0 spiro atoms. The molecule has 0 atom stereocenters. The van der Waals surface area contributed by atoms with Gasteiger partial charge in [0.2, 0.25) is 0 Å². The largest absolute Gasteiger partial charge is 0.399 e. The van der Waals surface area contributed by atoms with Crippen LogP contribution in [0.1, 0.15) is 36.0 Å². The molecule has 108 valence electrons. The molecule has 2 saturated carbocycles. The Bertz CT molecular complexity index is 525. The molecule has 0 saturated heterocycles. The van der Waals surface area contributed by atoms with Gasteiger partial charge in [0.25, 0.3) is 5.91 Å². The predicted octanol–water partition coefficient (Wildman–Crippen LogP) is 3.84. The van der Waals surface area contributed by atoms with Gasteiger partial charge in [-0.3, -0.25) is 4.79 Å². The van der Waals surface area contributed by atoms with Crippen LogP contribution in [-0.4, -0.2) is 23.9 Å². The molecule has 2 N–H and O–H groups in total. The molecule has 3 rings (SSSR count). The second kappa shape index (κ2) is 5.45. The first-order chi connectivity index (χ1) is 9.54. The Kier molecular flexibility index (Phi) is 3.83. The molecule has 0 heterocycles. The third-order valence-electron chi connectivity index (χ3n) is 3.92. The molecule has 1 amide bonds. The minimum absolute atomic E-state index is 0.0389. The van der Waals surface area contributed by atoms with Gasteiger partial charge in [-0.05, 0) is 49.7 Å². The van der Waals surface area contributed by atoms with Crippen LogP contribution in [0.25, 0.3) is 0 Å². The lowest BCUT2D eigenvalue weighted by atomic mass is 10.1. The van der Waals surface area contributed by atoms with Crippen molar-refractivity contribution in [1.29, 1.82) is 0 Å². The van der Waals surface area contributed by atoms with E-state index < -0.39 is 0 Å². The van der Waals surface area contributed by atoms with Crippen LogP contribution in [0, 0.1) is 11.8 Å². The highest BCUT2D eigenvalue weighted by Crippen LogP contribution is 2.36. The molecular formula is C15H18Cl2N2O. The molecule has 0 bridgehead atoms. The summed E-state index contributed by atoms with van der Waals surface area (Å²) in [6.07, 6.45) is 4.89. The summed E-state index contributed by atoms with van der Waals surface area (Å²) in [6.45, 7) is 1.66. The van der Waals surface area contributed by atoms with E-state index in [9.17, 15) is 4.79 Å². The Morgan fingerprint density at radius 3 is 2.20 bits per heavy atom. The highest BCUT2D eigenvalue weighted by molar-refractivity contribution is 6.44. The standard InChI is InChI=1S/C15H18Cl2N2O/c16-13-6-11(18)5-12(14(13)17)15(20)19(7-9-1-2-9)8-10-3-4-10/h5-6,9-10H,1-4,7-8,18H2. The van der Waals surface area contributed by atoms with E-state index in [4.69, 9.17) is 28.9 Å². The summed E-state index contributed by atoms with van der Waals surface area (Å²) in [5, 5.41) is 0.648. The van der Waals surface area contributed by atoms with Crippen LogP contribution in [0.15, 0.2) is 12.1 Å². The molecule has 3 nitrogen and oxygen atoms in total. The fourth-order valence-electron chi connectivity index (χ4n) is 2.40. The van der Waals surface area contributed by atoms with Gasteiger partial charge in [0.05, 0.1) is 15.6 Å². The fraction of sp³-hybridized carbons (Fsp3) is 0.533. The summed E-state index contributed by atoms with van der Waals surface area (Å²) in [6, 6.07) is 3.20. The molecule has 5 heteroatoms. The van der Waals surface area contributed by atoms with Crippen LogP contribution < -0.4 is 5.73 Å². The lowest BCUT2D eigenvalue weighted by Gasteiger charge is -2.23. The summed E-state index contributed by atoms with van der Waals surface area (Å²) < 4.78 is 0. The van der Waals surface area contributed by atoms with Crippen LogP contribution in [-0.2, 0) is 0 Å². The van der Waals surface area contributed by atoms with Crippen molar-refractivity contribution in [3.8, 4) is 0 Å². The maximum Gasteiger partial charge on any atom is 0.255 e. The van der Waals surface area contributed by atoms with Crippen molar-refractivity contribution >= 4 is 34.8 Å². The summed E-state index contributed by atoms with van der Waals surface area (Å²) in [4.78, 5) is 14.7. The van der Waals surface area contributed by atoms with Gasteiger partial charge in [-0.1, -0.05) is 23.2 Å². The first-order valence-electron chi connectivity index (χ1n) is 7.08. The maximum atomic E-state index is 12.7. The number of amides is 1. The molecule has 0 aliphatic heterocycles. The number of halogens is 2. The molecule has 2 fully saturated rings. The van der Waals surface area contributed by atoms with Crippen LogP contribution in [0.2, 0.25) is 10.0 Å². The van der Waals surface area contributed by atoms with E-state index in [2.05, 4.69) is 0 Å². The van der Waals surface area contributed by atoms with Crippen LogP contribution in [0.4, 0.5) is 5.69 Å². The smallest absolute Gasteiger partial charge is 0.255 e. The lowest BCUT2D eigenvalue weighted by Crippen LogP contribution is -2.35. The summed E-state index contributed by atoms with van der Waals surface area (Å²) in [5.41, 5.74) is 6.68. The maximum absolute atomic E-state index is 12.7. The van der Waals surface area contributed by atoms with E-state index in [1.165, 1.54) is 25.7 Å². The summed E-state index contributed by atoms with van der Waals surface area (Å²) in [5.74, 6) is 1.28. The Balaban J connectivity index is 1.83. The first kappa shape index (κ1) is 14.0. The minimum atomic E-state index is -0.0389. The number of nitrogens with zero attached hydrogens (tertiary/aromatic N) is 1. The summed E-state index contributed by atoms with van der Waals surface area (Å²) in [7, 11) is 0. The number of nitrogen functional groups attached to an aromatic ring is 1. The zero-order valence-electron chi connectivity index (χ0n) is 11.2. The van der Waals surface area contributed by atoms with Gasteiger partial charge in [-0.2, -0.15) is 0 Å². The highest BCUT2D eigenvalue weighted by Gasteiger charge is 2.32. The number of nitrogens with two attached hydrogens (primary N) is 1. The third-order valence-corrected chi connectivity index (χ3v) is 4.72. The van der Waals surface area contributed by atoms with Gasteiger partial charge >= 0.3 is 0 Å². The van der Waals surface area contributed by atoms with E-state index in [0.717, 1.165) is 13.1 Å². The van der Waals surface area contributed by atoms with Crippen molar-refractivity contribution in [1.82, 2.24) is 4.90 Å². The molecule has 20 heavy (non-hydrogen) atoms. The Morgan fingerprint density at radius 2 is 1.70 bits per heavy atom. The second-order valence-corrected chi connectivity index (χ2v) is 6.75. The fourth-order valence-corrected chi connectivity index (χ4v) is 2.82. The highest BCUT2D eigenvalue weighted by atomic mass is 35.5. The van der Waals surface area contributed by atoms with Crippen molar-refractivity contribution in [2.75, 3.05) is 18.8 Å². The predicted molar refractivity (Wildman–Crippen MR) is 82.2 cm³/mol. The second-order valence-electron chi connectivity index (χ2n) is 5.96. The molecule has 2 aliphatic rings. The van der Waals surface area contributed by atoms with Gasteiger partial charge in [0, 0.05) is 18.8 Å². The molecule has 1 aromatic rings. The number of benzene rings is 1. The number of hydrogen-bond acceptors (Lipinski definition) is 2. The lowest BCUT2D eigenvalue weighted by molar-refractivity contribution is 0.0740. The average molecular weight is 313 g/mol. The van der Waals surface area contributed by atoms with E-state index in [1.807, 2.05) is 4.90 Å². The van der Waals surface area contributed by atoms with Crippen molar-refractivity contribution in [3.63, 3.8) is 0 Å². The van der Waals surface area contributed by atoms with Gasteiger partial charge in [0.15, 0.2) is 0 Å². The quantitative estimate of drug-likeness (QED) is 0.840. The van der Waals surface area contributed by atoms with Gasteiger partial charge in [0.1, 0.15) is 0 Å². The number of hydrogen-bond donors (Lipinski definition) is 1. The van der Waals surface area contributed by atoms with E-state index in [-0.39, 0.29) is 5.91 Å². The Morgan fingerprint density at radius 1 is 1.15 bits per heavy atom. The summed E-state index contributed by atoms with van der Waals surface area (Å²) >= 11 is 12.2. The molecular weight excluding hydrogens is 295 g/mol. The van der Waals surface area contributed by atoms with E-state index in [0.29, 0.717) is 33.1 Å². The number of carbonyl (C=O) groups excluding carboxylic acids is 1. The van der Waals surface area contributed by atoms with Gasteiger partial charge < -0.3 is 10.6 Å². The monoisotopic (exact) mass is 312 g/mol. The normalized spacial score (nSPS) is 18.1. The Labute approximate surface area is 129 Å². The molecule has 1 aromatic carbocycles. The molecule has 2 aliphatic carbocycles. The van der Waals surface area contributed by atoms with Crippen molar-refractivity contribution in [2.24, 2.45) is 11.8 Å². The van der Waals surface area contributed by atoms with E-state index >= 15 is 0 Å². The molecule has 0 radical (unpaired) electrons. The van der Waals surface area contributed by atoms with Gasteiger partial charge in [-0.25, -0.2) is 0 Å². The third kappa shape index (κ3) is 3.21. The SMILES string of the molecule is Nc1cc(Cl)c(Cl)c(C(=O)N(CC2CC2)CC2CC2)c1. The van der Waals surface area contributed by atoms with Crippen molar-refractivity contribution in [2.45, 2.75) is 25.7 Å². The van der Waals surface area contributed by atoms with Crippen molar-refractivity contribution < 1.29 is 4.79 Å². The van der Waals surface area contributed by atoms with Crippen LogP contribution in [0.5, 0.6) is 0 Å². The van der Waals surface area contributed by atoms with Crippen LogP contribution >= 0.6 is 23.2 Å². The minimum Gasteiger partial charge on any atom is -0.399 e. The topological polar surface area (TPSA) is 46.3 Å².